The van der Waals surface area contributed by atoms with Crippen LogP contribution in [0, 0.1) is 0 Å². The molecule has 0 N–H and O–H groups in total. The van der Waals surface area contributed by atoms with Crippen molar-refractivity contribution in [3.05, 3.63) is 36.5 Å². The molecule has 0 heteroatoms. The van der Waals surface area contributed by atoms with Crippen molar-refractivity contribution in [1.82, 2.24) is 0 Å². The van der Waals surface area contributed by atoms with E-state index in [9.17, 15) is 0 Å². The molecule has 0 heterocycles. The highest BCUT2D eigenvalue weighted by molar-refractivity contribution is 5.22. The third-order valence-corrected chi connectivity index (χ3v) is 1.06. The molecule has 0 fully saturated rings. The molecule has 0 aliphatic rings. The average molecular weight is 152 g/mol. The first-order chi connectivity index (χ1) is 5.16. The average Bonchev–Trinajstić information content (AvgIpc) is 2.04. The maximum atomic E-state index is 3.82. The molecule has 0 aromatic rings. The molecule has 64 valence electrons. The molecular weight excluding hydrogens is 132 g/mol. The molecule has 0 spiro atoms. The van der Waals surface area contributed by atoms with Gasteiger partial charge < -0.3 is 0 Å². The minimum Gasteiger partial charge on any atom is -0.0961 e. The summed E-state index contributed by atoms with van der Waals surface area (Å²) < 4.78 is 0. The van der Waals surface area contributed by atoms with Crippen LogP contribution in [0.2, 0.25) is 0 Å². The van der Waals surface area contributed by atoms with E-state index in [4.69, 9.17) is 0 Å². The molecule has 0 bridgehead atoms. The van der Waals surface area contributed by atoms with Crippen LogP contribution < -0.4 is 0 Å². The number of hydrogen-bond acceptors (Lipinski definition) is 0. The van der Waals surface area contributed by atoms with Gasteiger partial charge in [0.05, 0.1) is 0 Å². The second-order valence-electron chi connectivity index (χ2n) is 2.19. The highest BCUT2D eigenvalue weighted by atomic mass is 13.9. The molecule has 0 aromatic heterocycles. The van der Waals surface area contributed by atoms with Crippen molar-refractivity contribution < 1.29 is 0 Å². The van der Waals surface area contributed by atoms with Gasteiger partial charge in [0, 0.05) is 0 Å². The Morgan fingerprint density at radius 2 is 1.64 bits per heavy atom. The van der Waals surface area contributed by atoms with Gasteiger partial charge in [0.25, 0.3) is 0 Å². The first-order valence-corrected chi connectivity index (χ1v) is 4.18. The van der Waals surface area contributed by atoms with Gasteiger partial charge in [-0.15, -0.1) is 0 Å². The van der Waals surface area contributed by atoms with Crippen LogP contribution in [-0.4, -0.2) is 0 Å². The molecule has 0 unspecified atom stereocenters. The van der Waals surface area contributed by atoms with Gasteiger partial charge >= 0.3 is 0 Å². The van der Waals surface area contributed by atoms with Crippen LogP contribution in [0.1, 0.15) is 34.1 Å². The summed E-state index contributed by atoms with van der Waals surface area (Å²) in [5.41, 5.74) is 2.22. The molecule has 0 aromatic carbocycles. The predicted molar refractivity (Wildman–Crippen MR) is 54.7 cm³/mol. The van der Waals surface area contributed by atoms with E-state index in [2.05, 4.69) is 20.1 Å². The normalized spacial score (nSPS) is 8.73. The van der Waals surface area contributed by atoms with Gasteiger partial charge in [0.2, 0.25) is 0 Å². The summed E-state index contributed by atoms with van der Waals surface area (Å²) in [5.74, 6) is 0. The maximum absolute atomic E-state index is 3.82. The van der Waals surface area contributed by atoms with Crippen LogP contribution in [0.15, 0.2) is 36.5 Å². The van der Waals surface area contributed by atoms with Gasteiger partial charge in [-0.3, -0.25) is 0 Å². The summed E-state index contributed by atoms with van der Waals surface area (Å²) in [5, 5.41) is 0. The Bertz CT molecular complexity index is 138. The van der Waals surface area contributed by atoms with Crippen molar-refractivity contribution >= 4 is 0 Å². The first kappa shape index (κ1) is 12.9. The zero-order chi connectivity index (χ0) is 9.28. The summed E-state index contributed by atoms with van der Waals surface area (Å²) in [6, 6.07) is 0. The highest BCUT2D eigenvalue weighted by Gasteiger charge is 1.79. The topological polar surface area (TPSA) is 0 Å². The fourth-order valence-corrected chi connectivity index (χ4v) is 0.378. The molecule has 0 aliphatic heterocycles. The SMILES string of the molecule is C=C(C)/C=C\C(=C)CC.CC. The lowest BCUT2D eigenvalue weighted by Gasteiger charge is -1.89. The Hall–Kier alpha value is -0.780. The third-order valence-electron chi connectivity index (χ3n) is 1.06. The smallest absolute Gasteiger partial charge is 0.0313 e. The zero-order valence-electron chi connectivity index (χ0n) is 8.28. The summed E-state index contributed by atoms with van der Waals surface area (Å²) in [7, 11) is 0. The van der Waals surface area contributed by atoms with E-state index >= 15 is 0 Å². The van der Waals surface area contributed by atoms with Gasteiger partial charge in [0.1, 0.15) is 0 Å². The Morgan fingerprint density at radius 3 is 1.91 bits per heavy atom. The second-order valence-corrected chi connectivity index (χ2v) is 2.19. The summed E-state index contributed by atoms with van der Waals surface area (Å²) >= 11 is 0. The molecule has 0 amide bonds. The largest absolute Gasteiger partial charge is 0.0961 e. The number of rotatable bonds is 3. The van der Waals surface area contributed by atoms with Gasteiger partial charge in [-0.25, -0.2) is 0 Å². The summed E-state index contributed by atoms with van der Waals surface area (Å²) in [4.78, 5) is 0. The van der Waals surface area contributed by atoms with Crippen LogP contribution in [0.5, 0.6) is 0 Å². The fraction of sp³-hybridized carbons (Fsp3) is 0.455. The Labute approximate surface area is 71.3 Å². The van der Waals surface area contributed by atoms with E-state index in [0.717, 1.165) is 17.6 Å². The van der Waals surface area contributed by atoms with E-state index in [1.54, 1.807) is 0 Å². The van der Waals surface area contributed by atoms with E-state index in [-0.39, 0.29) is 0 Å². The molecule has 0 saturated carbocycles. The monoisotopic (exact) mass is 152 g/mol. The van der Waals surface area contributed by atoms with E-state index in [1.807, 2.05) is 32.9 Å². The van der Waals surface area contributed by atoms with Crippen molar-refractivity contribution in [2.45, 2.75) is 34.1 Å². The van der Waals surface area contributed by atoms with Gasteiger partial charge in [0.15, 0.2) is 0 Å². The predicted octanol–water partition coefficient (Wildman–Crippen LogP) is 4.11. The van der Waals surface area contributed by atoms with Crippen molar-refractivity contribution in [2.24, 2.45) is 0 Å². The van der Waals surface area contributed by atoms with Gasteiger partial charge in [-0.1, -0.05) is 57.2 Å². The van der Waals surface area contributed by atoms with Crippen LogP contribution >= 0.6 is 0 Å². The molecule has 0 atom stereocenters. The highest BCUT2D eigenvalue weighted by Crippen LogP contribution is 2.00. The number of hydrogen-bond donors (Lipinski definition) is 0. The molecule has 0 nitrogen and oxygen atoms in total. The quantitative estimate of drug-likeness (QED) is 0.534. The van der Waals surface area contributed by atoms with Crippen LogP contribution in [0.4, 0.5) is 0 Å². The zero-order valence-corrected chi connectivity index (χ0v) is 8.28. The lowest BCUT2D eigenvalue weighted by atomic mass is 10.2. The second kappa shape index (κ2) is 9.22. The van der Waals surface area contributed by atoms with E-state index < -0.39 is 0 Å². The van der Waals surface area contributed by atoms with Crippen LogP contribution in [0.25, 0.3) is 0 Å². The lowest BCUT2D eigenvalue weighted by Crippen LogP contribution is -1.69. The molecule has 0 radical (unpaired) electrons. The molecule has 0 aliphatic carbocycles. The van der Waals surface area contributed by atoms with Crippen LogP contribution in [-0.2, 0) is 0 Å². The van der Waals surface area contributed by atoms with Crippen molar-refractivity contribution in [1.29, 1.82) is 0 Å². The van der Waals surface area contributed by atoms with Crippen molar-refractivity contribution in [3.8, 4) is 0 Å². The van der Waals surface area contributed by atoms with Crippen LogP contribution in [0.3, 0.4) is 0 Å². The first-order valence-electron chi connectivity index (χ1n) is 4.18. The summed E-state index contributed by atoms with van der Waals surface area (Å²) in [6.45, 7) is 15.6. The lowest BCUT2D eigenvalue weighted by molar-refractivity contribution is 1.16. The molecular formula is C11H20. The van der Waals surface area contributed by atoms with E-state index in [0.29, 0.717) is 0 Å². The van der Waals surface area contributed by atoms with Crippen molar-refractivity contribution in [3.63, 3.8) is 0 Å². The standard InChI is InChI=1S/C9H14.C2H6/c1-5-9(4)7-6-8(2)3;1-2/h6-7H,2,4-5H2,1,3H3;1-2H3/b7-6-;. The minimum atomic E-state index is 1.02. The van der Waals surface area contributed by atoms with E-state index in [1.165, 1.54) is 0 Å². The van der Waals surface area contributed by atoms with Crippen molar-refractivity contribution in [2.75, 3.05) is 0 Å². The Kier molecular flexibility index (Phi) is 10.8. The molecule has 0 rings (SSSR count). The third kappa shape index (κ3) is 12.4. The Balaban J connectivity index is 0. The van der Waals surface area contributed by atoms with Gasteiger partial charge in [-0.05, 0) is 13.3 Å². The minimum absolute atomic E-state index is 1.02. The fourth-order valence-electron chi connectivity index (χ4n) is 0.378. The maximum Gasteiger partial charge on any atom is -0.0313 e. The molecule has 0 saturated heterocycles. The van der Waals surface area contributed by atoms with Gasteiger partial charge in [-0.2, -0.15) is 0 Å². The Morgan fingerprint density at radius 1 is 1.18 bits per heavy atom. The molecule has 11 heavy (non-hydrogen) atoms. The summed E-state index contributed by atoms with van der Waals surface area (Å²) in [6.07, 6.45) is 5.00. The number of allylic oxidation sites excluding steroid dienone is 4.